The van der Waals surface area contributed by atoms with Crippen molar-refractivity contribution in [2.45, 2.75) is 35.8 Å². The maximum absolute atomic E-state index is 9.71. The smallest absolute Gasteiger partial charge is 0.225 e. The summed E-state index contributed by atoms with van der Waals surface area (Å²) in [6.07, 6.45) is 2.09. The van der Waals surface area contributed by atoms with E-state index in [9.17, 15) is 10.2 Å². The van der Waals surface area contributed by atoms with Crippen molar-refractivity contribution in [2.24, 2.45) is 5.92 Å². The van der Waals surface area contributed by atoms with E-state index in [0.29, 0.717) is 12.5 Å². The van der Waals surface area contributed by atoms with Crippen LogP contribution in [0.15, 0.2) is 70.5 Å². The summed E-state index contributed by atoms with van der Waals surface area (Å²) in [6, 6.07) is 26.0. The predicted octanol–water partition coefficient (Wildman–Crippen LogP) is 4.69. The van der Waals surface area contributed by atoms with Gasteiger partial charge in [-0.1, -0.05) is 54.2 Å². The highest BCUT2D eigenvalue weighted by Gasteiger charge is 2.22. The molecule has 3 N–H and O–H groups in total. The highest BCUT2D eigenvalue weighted by molar-refractivity contribution is 7.99. The number of aromatic nitrogens is 2. The fraction of sp³-hybridized carbons (Fsp3) is 0.286. The fourth-order valence-electron chi connectivity index (χ4n) is 4.44. The summed E-state index contributed by atoms with van der Waals surface area (Å²) in [7, 11) is 0. The predicted molar refractivity (Wildman–Crippen MR) is 139 cm³/mol. The lowest BCUT2D eigenvalue weighted by atomic mass is 9.99. The number of anilines is 2. The number of rotatable bonds is 8. The molecule has 6 nitrogen and oxygen atoms in total. The van der Waals surface area contributed by atoms with Crippen molar-refractivity contribution in [1.29, 1.82) is 0 Å². The minimum Gasteiger partial charge on any atom is -0.396 e. The van der Waals surface area contributed by atoms with Gasteiger partial charge < -0.3 is 20.4 Å². The van der Waals surface area contributed by atoms with Gasteiger partial charge in [0.05, 0.1) is 17.0 Å². The van der Waals surface area contributed by atoms with E-state index in [1.54, 1.807) is 17.8 Å². The second kappa shape index (κ2) is 11.0. The Hall–Kier alpha value is -3.31. The van der Waals surface area contributed by atoms with E-state index >= 15 is 0 Å². The molecule has 7 heteroatoms. The average Bonchev–Trinajstić information content (AvgIpc) is 2.92. The van der Waals surface area contributed by atoms with Crippen LogP contribution >= 0.6 is 11.8 Å². The molecule has 178 valence electrons. The number of piperidine rings is 1. The van der Waals surface area contributed by atoms with Crippen molar-refractivity contribution in [3.8, 4) is 0 Å². The Balaban J connectivity index is 1.40. The quantitative estimate of drug-likeness (QED) is 0.335. The molecular weight excluding hydrogens is 456 g/mol. The molecule has 35 heavy (non-hydrogen) atoms. The Morgan fingerprint density at radius 3 is 2.77 bits per heavy atom. The van der Waals surface area contributed by atoms with E-state index < -0.39 is 0 Å². The third-order valence-electron chi connectivity index (χ3n) is 6.30. The van der Waals surface area contributed by atoms with E-state index in [-0.39, 0.29) is 19.1 Å². The van der Waals surface area contributed by atoms with Crippen LogP contribution in [0.3, 0.4) is 0 Å². The van der Waals surface area contributed by atoms with Crippen molar-refractivity contribution in [1.82, 2.24) is 9.97 Å². The third-order valence-corrected chi connectivity index (χ3v) is 7.48. The molecule has 1 atom stereocenters. The zero-order valence-electron chi connectivity index (χ0n) is 19.4. The standard InChI is InChI=1S/C28H28N4O2S/c33-18-20-8-7-15-32(17-20)27-23-11-3-4-12-24(23)30-28(31-27)29-16-21-9-1-5-13-25(21)35-26-14-6-2-10-22(26)19-34/h1-5,9-13,20,33-34H,7-8,15-19H2,(H,29,30,31). The van der Waals surface area contributed by atoms with Crippen LogP contribution in [0.5, 0.6) is 0 Å². The summed E-state index contributed by atoms with van der Waals surface area (Å²) in [5.41, 5.74) is 2.84. The van der Waals surface area contributed by atoms with Crippen molar-refractivity contribution in [2.75, 3.05) is 29.9 Å². The summed E-state index contributed by atoms with van der Waals surface area (Å²) in [5, 5.41) is 23.8. The molecule has 1 aromatic heterocycles. The lowest BCUT2D eigenvalue weighted by Crippen LogP contribution is -2.37. The molecule has 0 spiro atoms. The number of hydrogen-bond acceptors (Lipinski definition) is 7. The van der Waals surface area contributed by atoms with Crippen LogP contribution in [0.2, 0.25) is 0 Å². The second-order valence-corrected chi connectivity index (χ2v) is 9.76. The molecule has 0 bridgehead atoms. The summed E-state index contributed by atoms with van der Waals surface area (Å²) in [6.45, 7) is 2.45. The number of nitrogens with one attached hydrogen (secondary N) is 1. The molecule has 1 aliphatic rings. The normalized spacial score (nSPS) is 15.7. The first-order chi connectivity index (χ1) is 17.2. The number of nitrogens with zero attached hydrogens (tertiary/aromatic N) is 3. The first-order valence-electron chi connectivity index (χ1n) is 11.9. The average molecular weight is 485 g/mol. The van der Waals surface area contributed by atoms with E-state index in [1.165, 1.54) is 0 Å². The van der Waals surface area contributed by atoms with Crippen molar-refractivity contribution in [3.05, 3.63) is 83.9 Å². The van der Waals surface area contributed by atoms with Gasteiger partial charge in [-0.05, 0) is 54.7 Å². The molecule has 1 saturated heterocycles. The summed E-state index contributed by atoms with van der Waals surface area (Å²) < 4.78 is 0. The minimum absolute atomic E-state index is 0.0325. The molecule has 1 fully saturated rings. The van der Waals surface area contributed by atoms with Crippen LogP contribution in [0.1, 0.15) is 24.0 Å². The fourth-order valence-corrected chi connectivity index (χ4v) is 5.45. The van der Waals surface area contributed by atoms with Crippen molar-refractivity contribution in [3.63, 3.8) is 0 Å². The Morgan fingerprint density at radius 2 is 1.89 bits per heavy atom. The first kappa shape index (κ1) is 23.4. The number of para-hydroxylation sites is 1. The van der Waals surface area contributed by atoms with Gasteiger partial charge in [-0.25, -0.2) is 4.98 Å². The largest absolute Gasteiger partial charge is 0.396 e. The Kier molecular flexibility index (Phi) is 7.34. The third kappa shape index (κ3) is 5.35. The van der Waals surface area contributed by atoms with Gasteiger partial charge in [0.15, 0.2) is 0 Å². The van der Waals surface area contributed by atoms with Gasteiger partial charge in [-0.15, -0.1) is 0 Å². The monoisotopic (exact) mass is 484 g/mol. The molecule has 0 aliphatic carbocycles. The Labute approximate surface area is 210 Å². The number of hydrogen-bond donors (Lipinski definition) is 3. The molecular formula is C28H28N4O2S. The van der Waals surface area contributed by atoms with E-state index in [1.807, 2.05) is 36.4 Å². The molecule has 4 aromatic rings. The molecule has 0 saturated carbocycles. The van der Waals surface area contributed by atoms with Gasteiger partial charge in [-0.3, -0.25) is 0 Å². The van der Waals surface area contributed by atoms with Gasteiger partial charge in [0, 0.05) is 42.1 Å². The van der Waals surface area contributed by atoms with Crippen LogP contribution in [0.4, 0.5) is 11.8 Å². The van der Waals surface area contributed by atoms with Gasteiger partial charge in [0.1, 0.15) is 5.82 Å². The lowest BCUT2D eigenvalue weighted by Gasteiger charge is -2.33. The number of aliphatic hydroxyl groups is 2. The summed E-state index contributed by atoms with van der Waals surface area (Å²) in [4.78, 5) is 13.9. The van der Waals surface area contributed by atoms with Gasteiger partial charge in [0.25, 0.3) is 0 Å². The number of aliphatic hydroxyl groups excluding tert-OH is 2. The Bertz CT molecular complexity index is 1300. The molecule has 5 rings (SSSR count). The minimum atomic E-state index is -0.0325. The van der Waals surface area contributed by atoms with Crippen LogP contribution in [0, 0.1) is 18.1 Å². The second-order valence-electron chi connectivity index (χ2n) is 8.70. The van der Waals surface area contributed by atoms with Gasteiger partial charge in [0.2, 0.25) is 5.95 Å². The summed E-state index contributed by atoms with van der Waals surface area (Å²) >= 11 is 1.57. The van der Waals surface area contributed by atoms with Crippen LogP contribution in [-0.4, -0.2) is 39.9 Å². The van der Waals surface area contributed by atoms with Crippen molar-refractivity contribution < 1.29 is 10.2 Å². The van der Waals surface area contributed by atoms with Crippen molar-refractivity contribution >= 4 is 34.4 Å². The molecule has 2 heterocycles. The van der Waals surface area contributed by atoms with E-state index in [4.69, 9.17) is 9.97 Å². The Morgan fingerprint density at radius 1 is 1.03 bits per heavy atom. The van der Waals surface area contributed by atoms with Crippen LogP contribution < -0.4 is 10.2 Å². The van der Waals surface area contributed by atoms with Crippen LogP contribution in [-0.2, 0) is 13.2 Å². The highest BCUT2D eigenvalue weighted by Crippen LogP contribution is 2.33. The molecule has 3 aromatic carbocycles. The molecule has 1 aliphatic heterocycles. The molecule has 1 unspecified atom stereocenters. The zero-order valence-corrected chi connectivity index (χ0v) is 20.3. The maximum Gasteiger partial charge on any atom is 0.225 e. The molecule has 0 radical (unpaired) electrons. The summed E-state index contributed by atoms with van der Waals surface area (Å²) in [5.74, 6) is 1.77. The van der Waals surface area contributed by atoms with Crippen LogP contribution in [0.25, 0.3) is 10.9 Å². The first-order valence-corrected chi connectivity index (χ1v) is 12.7. The SMILES string of the molecule is OCc1ccc#cc1Sc1ccccc1CNc1nc(N2CCCC(CO)C2)c2ccccc2n1. The van der Waals surface area contributed by atoms with E-state index in [0.717, 1.165) is 63.6 Å². The highest BCUT2D eigenvalue weighted by atomic mass is 32.2. The topological polar surface area (TPSA) is 81.5 Å². The maximum atomic E-state index is 9.71. The van der Waals surface area contributed by atoms with Gasteiger partial charge >= 0.3 is 0 Å². The van der Waals surface area contributed by atoms with E-state index in [2.05, 4.69) is 40.5 Å². The lowest BCUT2D eigenvalue weighted by molar-refractivity contribution is 0.208. The zero-order chi connectivity index (χ0) is 24.0. The number of fused-ring (bicyclic) bond motifs is 1. The molecule has 0 amide bonds. The van der Waals surface area contributed by atoms with Gasteiger partial charge in [-0.2, -0.15) is 4.98 Å². The number of benzene rings is 2.